The van der Waals surface area contributed by atoms with Gasteiger partial charge in [0.1, 0.15) is 16.9 Å². The number of fused-ring (bicyclic) bond motifs is 2. The molecule has 0 aliphatic carbocycles. The van der Waals surface area contributed by atoms with E-state index in [1.165, 1.54) is 0 Å². The summed E-state index contributed by atoms with van der Waals surface area (Å²) in [6, 6.07) is 26.4. The number of amides is 2. The molecule has 0 aliphatic rings. The van der Waals surface area contributed by atoms with Crippen LogP contribution in [0.1, 0.15) is 46.0 Å². The van der Waals surface area contributed by atoms with Crippen molar-refractivity contribution < 1.29 is 9.59 Å². The number of benzene rings is 3. The minimum absolute atomic E-state index is 0.284. The van der Waals surface area contributed by atoms with E-state index in [4.69, 9.17) is 9.97 Å². The van der Waals surface area contributed by atoms with Crippen LogP contribution in [0.2, 0.25) is 0 Å². The minimum Gasteiger partial charge on any atom is -0.352 e. The first kappa shape index (κ1) is 23.2. The Labute approximate surface area is 209 Å². The van der Waals surface area contributed by atoms with E-state index in [2.05, 4.69) is 17.6 Å². The molecule has 0 radical (unpaired) electrons. The number of nitrogens with one attached hydrogen (secondary N) is 2. The van der Waals surface area contributed by atoms with Crippen molar-refractivity contribution in [3.05, 3.63) is 102 Å². The highest BCUT2D eigenvalue weighted by Gasteiger charge is 2.27. The minimum atomic E-state index is -0.306. The zero-order chi connectivity index (χ0) is 24.9. The van der Waals surface area contributed by atoms with Crippen LogP contribution in [0.4, 0.5) is 5.82 Å². The van der Waals surface area contributed by atoms with Gasteiger partial charge in [0.25, 0.3) is 11.8 Å². The Morgan fingerprint density at radius 1 is 0.806 bits per heavy atom. The number of nitrogens with zero attached hydrogens (tertiary/aromatic N) is 3. The van der Waals surface area contributed by atoms with E-state index in [-0.39, 0.29) is 11.8 Å². The number of hydrogen-bond donors (Lipinski definition) is 2. The Bertz CT molecular complexity index is 1530. The van der Waals surface area contributed by atoms with Crippen LogP contribution in [-0.4, -0.2) is 32.9 Å². The van der Waals surface area contributed by atoms with Gasteiger partial charge in [-0.05, 0) is 36.2 Å². The molecule has 2 amide bonds. The van der Waals surface area contributed by atoms with Crippen molar-refractivity contribution in [2.45, 2.75) is 26.3 Å². The van der Waals surface area contributed by atoms with E-state index in [1.807, 2.05) is 77.4 Å². The highest BCUT2D eigenvalue weighted by Crippen LogP contribution is 2.31. The van der Waals surface area contributed by atoms with Crippen molar-refractivity contribution in [1.82, 2.24) is 19.9 Å². The van der Waals surface area contributed by atoms with Crippen LogP contribution in [0.3, 0.4) is 0 Å². The van der Waals surface area contributed by atoms with E-state index in [9.17, 15) is 9.59 Å². The predicted octanol–water partition coefficient (Wildman–Crippen LogP) is 5.42. The molecule has 2 aromatic heterocycles. The zero-order valence-corrected chi connectivity index (χ0v) is 20.1. The van der Waals surface area contributed by atoms with Crippen LogP contribution in [-0.2, 0) is 6.54 Å². The van der Waals surface area contributed by atoms with Gasteiger partial charge in [-0.15, -0.1) is 0 Å². The van der Waals surface area contributed by atoms with Gasteiger partial charge in [0, 0.05) is 12.1 Å². The fourth-order valence-electron chi connectivity index (χ4n) is 4.20. The second-order valence-corrected chi connectivity index (χ2v) is 8.61. The summed E-state index contributed by atoms with van der Waals surface area (Å²) in [5.41, 5.74) is 4.24. The van der Waals surface area contributed by atoms with Gasteiger partial charge in [0.2, 0.25) is 0 Å². The van der Waals surface area contributed by atoms with Crippen molar-refractivity contribution in [2.75, 3.05) is 11.9 Å². The van der Waals surface area contributed by atoms with Gasteiger partial charge >= 0.3 is 0 Å². The first-order chi connectivity index (χ1) is 17.7. The third-order valence-corrected chi connectivity index (χ3v) is 6.05. The lowest BCUT2D eigenvalue weighted by molar-refractivity contribution is 0.0955. The highest BCUT2D eigenvalue weighted by atomic mass is 16.2. The molecule has 7 heteroatoms. The van der Waals surface area contributed by atoms with Gasteiger partial charge < -0.3 is 15.2 Å². The Morgan fingerprint density at radius 3 is 2.14 bits per heavy atom. The topological polar surface area (TPSA) is 88.9 Å². The summed E-state index contributed by atoms with van der Waals surface area (Å²) in [6.07, 6.45) is 1.81. The number of rotatable bonds is 8. The molecule has 0 unspecified atom stereocenters. The first-order valence-electron chi connectivity index (χ1n) is 12.1. The third kappa shape index (κ3) is 4.68. The number of para-hydroxylation sites is 2. The average Bonchev–Trinajstić information content (AvgIpc) is 3.20. The summed E-state index contributed by atoms with van der Waals surface area (Å²) in [4.78, 5) is 36.5. The molecule has 5 aromatic rings. The lowest BCUT2D eigenvalue weighted by Crippen LogP contribution is -2.26. The van der Waals surface area contributed by atoms with E-state index in [0.29, 0.717) is 46.7 Å². The number of unbranched alkanes of at least 4 members (excludes halogenated alkanes) is 1. The van der Waals surface area contributed by atoms with E-state index >= 15 is 0 Å². The summed E-state index contributed by atoms with van der Waals surface area (Å²) in [7, 11) is 0. The zero-order valence-electron chi connectivity index (χ0n) is 20.1. The van der Waals surface area contributed by atoms with Crippen LogP contribution >= 0.6 is 0 Å². The SMILES string of the molecule is CCCCNC(=O)c1c(NC(=O)c2ccccc2)n(Cc2ccccc2)c2nc3ccccc3nc12. The van der Waals surface area contributed by atoms with Crippen molar-refractivity contribution in [3.8, 4) is 0 Å². The van der Waals surface area contributed by atoms with E-state index in [1.54, 1.807) is 12.1 Å². The molecule has 2 heterocycles. The Balaban J connectivity index is 1.72. The lowest BCUT2D eigenvalue weighted by atomic mass is 10.2. The van der Waals surface area contributed by atoms with Gasteiger partial charge in [0.05, 0.1) is 17.6 Å². The summed E-state index contributed by atoms with van der Waals surface area (Å²) in [5, 5.41) is 6.01. The fourth-order valence-corrected chi connectivity index (χ4v) is 4.20. The molecule has 0 saturated heterocycles. The maximum atomic E-state index is 13.5. The second kappa shape index (κ2) is 10.4. The molecule has 0 aliphatic heterocycles. The quantitative estimate of drug-likeness (QED) is 0.292. The first-order valence-corrected chi connectivity index (χ1v) is 12.1. The van der Waals surface area contributed by atoms with Crippen LogP contribution in [0.25, 0.3) is 22.2 Å². The van der Waals surface area contributed by atoms with Crippen LogP contribution in [0.15, 0.2) is 84.9 Å². The average molecular weight is 478 g/mol. The molecule has 2 N–H and O–H groups in total. The monoisotopic (exact) mass is 477 g/mol. The Morgan fingerprint density at radius 2 is 1.44 bits per heavy atom. The Hall–Kier alpha value is -4.52. The molecule has 0 spiro atoms. The van der Waals surface area contributed by atoms with Gasteiger partial charge in [0.15, 0.2) is 5.65 Å². The largest absolute Gasteiger partial charge is 0.352 e. The van der Waals surface area contributed by atoms with Crippen molar-refractivity contribution >= 4 is 39.8 Å². The molecule has 36 heavy (non-hydrogen) atoms. The number of carbonyl (C=O) groups is 2. The molecule has 0 saturated carbocycles. The van der Waals surface area contributed by atoms with Crippen LogP contribution in [0, 0.1) is 0 Å². The van der Waals surface area contributed by atoms with Crippen molar-refractivity contribution in [2.24, 2.45) is 0 Å². The highest BCUT2D eigenvalue weighted by molar-refractivity contribution is 6.15. The van der Waals surface area contributed by atoms with Crippen molar-refractivity contribution in [3.63, 3.8) is 0 Å². The van der Waals surface area contributed by atoms with E-state index < -0.39 is 0 Å². The molecule has 0 bridgehead atoms. The summed E-state index contributed by atoms with van der Waals surface area (Å²) >= 11 is 0. The predicted molar refractivity (Wildman–Crippen MR) is 142 cm³/mol. The lowest BCUT2D eigenvalue weighted by Gasteiger charge is -2.13. The number of hydrogen-bond acceptors (Lipinski definition) is 4. The normalized spacial score (nSPS) is 11.0. The van der Waals surface area contributed by atoms with Gasteiger partial charge in [-0.2, -0.15) is 0 Å². The number of anilines is 1. The molecule has 0 fully saturated rings. The van der Waals surface area contributed by atoms with Gasteiger partial charge in [-0.3, -0.25) is 9.59 Å². The molecular formula is C29H27N5O2. The maximum absolute atomic E-state index is 13.5. The molecule has 5 rings (SSSR count). The maximum Gasteiger partial charge on any atom is 0.257 e. The smallest absolute Gasteiger partial charge is 0.257 e. The number of carbonyl (C=O) groups excluding carboxylic acids is 2. The molecular weight excluding hydrogens is 450 g/mol. The summed E-state index contributed by atoms with van der Waals surface area (Å²) in [5.74, 6) is -0.208. The van der Waals surface area contributed by atoms with E-state index in [0.717, 1.165) is 23.9 Å². The summed E-state index contributed by atoms with van der Waals surface area (Å²) in [6.45, 7) is 3.02. The summed E-state index contributed by atoms with van der Waals surface area (Å²) < 4.78 is 1.87. The molecule has 0 atom stereocenters. The fraction of sp³-hybridized carbons (Fsp3) is 0.172. The molecule has 3 aromatic carbocycles. The number of aromatic nitrogens is 3. The molecule has 180 valence electrons. The van der Waals surface area contributed by atoms with Crippen molar-refractivity contribution in [1.29, 1.82) is 0 Å². The van der Waals surface area contributed by atoms with Crippen LogP contribution < -0.4 is 10.6 Å². The molecule has 7 nitrogen and oxygen atoms in total. The second-order valence-electron chi connectivity index (χ2n) is 8.61. The standard InChI is InChI=1S/C29H27N5O2/c1-2-3-18-30-29(36)24-25-27(32-23-17-11-10-16-22(23)31-25)34(19-20-12-6-4-7-13-20)26(24)33-28(35)21-14-8-5-9-15-21/h4-17H,2-3,18-19H2,1H3,(H,30,36)(H,33,35). The Kier molecular flexibility index (Phi) is 6.71. The van der Waals surface area contributed by atoms with Gasteiger partial charge in [-0.25, -0.2) is 9.97 Å². The van der Waals surface area contributed by atoms with Crippen LogP contribution in [0.5, 0.6) is 0 Å². The third-order valence-electron chi connectivity index (χ3n) is 6.05. The van der Waals surface area contributed by atoms with Gasteiger partial charge in [-0.1, -0.05) is 74.0 Å².